The number of nitrogens with zero attached hydrogens (tertiary/aromatic N) is 1. The van der Waals surface area contributed by atoms with Gasteiger partial charge in [-0.15, -0.1) is 0 Å². The molecule has 2 aromatic carbocycles. The van der Waals surface area contributed by atoms with Gasteiger partial charge >= 0.3 is 5.97 Å². The average molecular weight is 461 g/mol. The average Bonchev–Trinajstić information content (AvgIpc) is 2.72. The number of halogens is 3. The predicted octanol–water partition coefficient (Wildman–Crippen LogP) is 4.75. The molecule has 0 spiro atoms. The highest BCUT2D eigenvalue weighted by Gasteiger charge is 2.39. The van der Waals surface area contributed by atoms with Crippen LogP contribution in [0.4, 0.5) is 13.2 Å². The van der Waals surface area contributed by atoms with Crippen molar-refractivity contribution in [3.8, 4) is 5.75 Å². The Kier molecular flexibility index (Phi) is 6.97. The van der Waals surface area contributed by atoms with Crippen molar-refractivity contribution in [1.29, 1.82) is 0 Å². The van der Waals surface area contributed by atoms with Crippen molar-refractivity contribution < 1.29 is 32.6 Å². The minimum atomic E-state index is -1.66. The van der Waals surface area contributed by atoms with Gasteiger partial charge in [0.25, 0.3) is 0 Å². The highest BCUT2D eigenvalue weighted by Crippen LogP contribution is 2.43. The number of aldehydes is 1. The number of phenols is 1. The summed E-state index contributed by atoms with van der Waals surface area (Å²) in [6, 6.07) is 3.64. The van der Waals surface area contributed by atoms with E-state index < -0.39 is 29.3 Å². The van der Waals surface area contributed by atoms with Gasteiger partial charge in [-0.1, -0.05) is 0 Å². The van der Waals surface area contributed by atoms with Crippen LogP contribution in [0.1, 0.15) is 59.4 Å². The number of fused-ring (bicyclic) bond motifs is 1. The number of hydrogen-bond donors (Lipinski definition) is 1. The maximum Gasteiger partial charge on any atom is 0.330 e. The molecular formula is C25H26F3NO4. The van der Waals surface area contributed by atoms with E-state index in [1.54, 1.807) is 4.90 Å². The Morgan fingerprint density at radius 1 is 1.24 bits per heavy atom. The molecule has 0 saturated heterocycles. The zero-order valence-electron chi connectivity index (χ0n) is 18.9. The van der Waals surface area contributed by atoms with Gasteiger partial charge in [0.2, 0.25) is 0 Å². The first-order valence-corrected chi connectivity index (χ1v) is 10.5. The molecule has 0 amide bonds. The molecule has 1 aliphatic rings. The fourth-order valence-electron chi connectivity index (χ4n) is 4.26. The van der Waals surface area contributed by atoms with Gasteiger partial charge in [0.1, 0.15) is 23.1 Å². The smallest absolute Gasteiger partial charge is 0.330 e. The first-order valence-electron chi connectivity index (χ1n) is 10.5. The van der Waals surface area contributed by atoms with Crippen LogP contribution in [0.2, 0.25) is 0 Å². The van der Waals surface area contributed by atoms with Crippen molar-refractivity contribution in [3.63, 3.8) is 0 Å². The van der Waals surface area contributed by atoms with Gasteiger partial charge in [-0.2, -0.15) is 0 Å². The third-order valence-corrected chi connectivity index (χ3v) is 5.67. The topological polar surface area (TPSA) is 66.8 Å². The van der Waals surface area contributed by atoms with Gasteiger partial charge in [0.15, 0.2) is 6.29 Å². The maximum absolute atomic E-state index is 15.4. The van der Waals surface area contributed by atoms with E-state index in [0.29, 0.717) is 23.8 Å². The summed E-state index contributed by atoms with van der Waals surface area (Å²) in [4.78, 5) is 24.4. The summed E-state index contributed by atoms with van der Waals surface area (Å²) in [7, 11) is 1.19. The van der Waals surface area contributed by atoms with E-state index in [-0.39, 0.29) is 35.0 Å². The van der Waals surface area contributed by atoms with Crippen LogP contribution in [0, 0.1) is 11.6 Å². The quantitative estimate of drug-likeness (QED) is 0.382. The number of carbonyl (C=O) groups excluding carboxylic acids is 2. The molecule has 33 heavy (non-hydrogen) atoms. The second-order valence-corrected chi connectivity index (χ2v) is 8.83. The molecule has 8 heteroatoms. The summed E-state index contributed by atoms with van der Waals surface area (Å²) in [5, 5.41) is 10.1. The van der Waals surface area contributed by atoms with Gasteiger partial charge in [0, 0.05) is 24.2 Å². The summed E-state index contributed by atoms with van der Waals surface area (Å²) in [6.07, 6.45) is 3.13. The van der Waals surface area contributed by atoms with Crippen molar-refractivity contribution in [1.82, 2.24) is 4.90 Å². The minimum Gasteiger partial charge on any atom is -0.507 e. The van der Waals surface area contributed by atoms with Gasteiger partial charge in [-0.05, 0) is 74.2 Å². The molecule has 1 aliphatic heterocycles. The van der Waals surface area contributed by atoms with Crippen LogP contribution >= 0.6 is 0 Å². The molecule has 1 N–H and O–H groups in total. The van der Waals surface area contributed by atoms with Crippen molar-refractivity contribution in [2.45, 2.75) is 44.9 Å². The standard InChI is InChI=1S/C25H26F3NO4/c1-14-7-16-11-21(31)17(12-30)10-18(16)24(29(14)13-25(2,3)28)23-19(26)8-15(9-20(23)27)5-6-22(32)33-4/h5-6,8-12,14,24,31H,7,13H2,1-4H3/b6-5+. The fourth-order valence-corrected chi connectivity index (χ4v) is 4.26. The molecular weight excluding hydrogens is 435 g/mol. The SMILES string of the molecule is COC(=O)/C=C/c1cc(F)c(C2c3cc(C=O)c(O)cc3CC(C)N2CC(C)(C)F)c(F)c1. The summed E-state index contributed by atoms with van der Waals surface area (Å²) < 4.78 is 49.9. The Morgan fingerprint density at radius 2 is 1.88 bits per heavy atom. The number of hydrogen-bond acceptors (Lipinski definition) is 5. The Hall–Kier alpha value is -3.13. The lowest BCUT2D eigenvalue weighted by Crippen LogP contribution is -2.48. The molecule has 0 saturated carbocycles. The van der Waals surface area contributed by atoms with Gasteiger partial charge < -0.3 is 9.84 Å². The largest absolute Gasteiger partial charge is 0.507 e. The molecule has 5 nitrogen and oxygen atoms in total. The Balaban J connectivity index is 2.21. The number of aromatic hydroxyl groups is 1. The Morgan fingerprint density at radius 3 is 2.42 bits per heavy atom. The molecule has 2 unspecified atom stereocenters. The van der Waals surface area contributed by atoms with Crippen LogP contribution in [-0.2, 0) is 16.0 Å². The van der Waals surface area contributed by atoms with Crippen LogP contribution in [-0.4, -0.2) is 47.6 Å². The van der Waals surface area contributed by atoms with E-state index >= 15 is 8.78 Å². The molecule has 2 atom stereocenters. The predicted molar refractivity (Wildman–Crippen MR) is 118 cm³/mol. The van der Waals surface area contributed by atoms with Crippen LogP contribution in [0.25, 0.3) is 6.08 Å². The zero-order valence-corrected chi connectivity index (χ0v) is 18.9. The lowest BCUT2D eigenvalue weighted by Gasteiger charge is -2.44. The van der Waals surface area contributed by atoms with Crippen molar-refractivity contribution in [2.75, 3.05) is 13.7 Å². The normalized spacial score (nSPS) is 18.9. The third kappa shape index (κ3) is 5.27. The van der Waals surface area contributed by atoms with E-state index in [2.05, 4.69) is 4.74 Å². The number of carbonyl (C=O) groups is 2. The van der Waals surface area contributed by atoms with E-state index in [9.17, 15) is 19.1 Å². The highest BCUT2D eigenvalue weighted by atomic mass is 19.1. The Labute approximate surface area is 190 Å². The van der Waals surface area contributed by atoms with Crippen molar-refractivity contribution in [3.05, 3.63) is 69.8 Å². The first-order chi connectivity index (χ1) is 15.4. The van der Waals surface area contributed by atoms with Crippen molar-refractivity contribution >= 4 is 18.3 Å². The summed E-state index contributed by atoms with van der Waals surface area (Å²) >= 11 is 0. The molecule has 2 aromatic rings. The first kappa shape index (κ1) is 24.5. The molecule has 176 valence electrons. The zero-order chi connectivity index (χ0) is 24.5. The number of alkyl halides is 1. The monoisotopic (exact) mass is 461 g/mol. The van der Waals surface area contributed by atoms with Crippen LogP contribution in [0.15, 0.2) is 30.3 Å². The number of esters is 1. The van der Waals surface area contributed by atoms with E-state index in [4.69, 9.17) is 0 Å². The van der Waals surface area contributed by atoms with Gasteiger partial charge in [-0.25, -0.2) is 18.0 Å². The number of rotatable bonds is 6. The number of benzene rings is 2. The van der Waals surface area contributed by atoms with Gasteiger partial charge in [-0.3, -0.25) is 9.69 Å². The maximum atomic E-state index is 15.4. The third-order valence-electron chi connectivity index (χ3n) is 5.67. The minimum absolute atomic E-state index is 0.0220. The van der Waals surface area contributed by atoms with E-state index in [1.807, 2.05) is 6.92 Å². The fraction of sp³-hybridized carbons (Fsp3) is 0.360. The number of methoxy groups -OCH3 is 1. The molecule has 0 fully saturated rings. The van der Waals surface area contributed by atoms with Crippen LogP contribution in [0.5, 0.6) is 5.75 Å². The number of phenolic OH excluding ortho intramolecular Hbond substituents is 1. The second kappa shape index (κ2) is 9.39. The number of ether oxygens (including phenoxy) is 1. The molecule has 0 radical (unpaired) electrons. The summed E-state index contributed by atoms with van der Waals surface area (Å²) in [5.74, 6) is -2.66. The molecule has 0 bridgehead atoms. The van der Waals surface area contributed by atoms with Crippen LogP contribution in [0.3, 0.4) is 0 Å². The van der Waals surface area contributed by atoms with Crippen LogP contribution < -0.4 is 0 Å². The molecule has 3 rings (SSSR count). The van der Waals surface area contributed by atoms with Crippen molar-refractivity contribution in [2.24, 2.45) is 0 Å². The Bertz CT molecular complexity index is 1080. The van der Waals surface area contributed by atoms with E-state index in [0.717, 1.165) is 18.2 Å². The molecule has 1 heterocycles. The highest BCUT2D eigenvalue weighted by molar-refractivity contribution is 5.87. The lowest BCUT2D eigenvalue weighted by molar-refractivity contribution is -0.134. The van der Waals surface area contributed by atoms with E-state index in [1.165, 1.54) is 39.2 Å². The second-order valence-electron chi connectivity index (χ2n) is 8.83. The summed E-state index contributed by atoms with van der Waals surface area (Å²) in [6.45, 7) is 4.47. The summed E-state index contributed by atoms with van der Waals surface area (Å²) in [5.41, 5.74) is -0.828. The molecule has 0 aliphatic carbocycles. The lowest BCUT2D eigenvalue weighted by atomic mass is 9.82. The van der Waals surface area contributed by atoms with Gasteiger partial charge in [0.05, 0.1) is 18.7 Å². The molecule has 0 aromatic heterocycles.